The molecule has 2 atom stereocenters. The van der Waals surface area contributed by atoms with Crippen molar-refractivity contribution in [2.75, 3.05) is 0 Å². The van der Waals surface area contributed by atoms with Crippen LogP contribution in [0.1, 0.15) is 82.5 Å². The van der Waals surface area contributed by atoms with E-state index in [1.54, 1.807) is 0 Å². The Bertz CT molecular complexity index is 1540. The SMILES string of the molecule is CCCCCc1c(Cc2ccc(-c3ccccc3-c3nn[nH]n3)cc2)c(=O)n2n1C1(CC)C=CC2(CC)CC1. The zero-order valence-corrected chi connectivity index (χ0v) is 23.3. The number of nitrogens with zero attached hydrogens (tertiary/aromatic N) is 5. The minimum atomic E-state index is -0.200. The van der Waals surface area contributed by atoms with E-state index in [9.17, 15) is 4.79 Å². The molecule has 0 spiro atoms. The molecular weight excluding hydrogens is 484 g/mol. The van der Waals surface area contributed by atoms with Crippen molar-refractivity contribution in [2.45, 2.75) is 89.6 Å². The smallest absolute Gasteiger partial charge is 0.271 e. The van der Waals surface area contributed by atoms with Crippen LogP contribution in [0.3, 0.4) is 0 Å². The third kappa shape index (κ3) is 4.10. The van der Waals surface area contributed by atoms with E-state index in [2.05, 4.69) is 93.2 Å². The number of hydrogen-bond acceptors (Lipinski definition) is 4. The van der Waals surface area contributed by atoms with Crippen molar-refractivity contribution in [2.24, 2.45) is 0 Å². The van der Waals surface area contributed by atoms with Crippen LogP contribution in [0, 0.1) is 0 Å². The second-order valence-corrected chi connectivity index (χ2v) is 11.2. The normalized spacial score (nSPS) is 21.4. The highest BCUT2D eigenvalue weighted by atomic mass is 16.1. The van der Waals surface area contributed by atoms with E-state index in [0.717, 1.165) is 66.3 Å². The summed E-state index contributed by atoms with van der Waals surface area (Å²) in [7, 11) is 0. The lowest BCUT2D eigenvalue weighted by molar-refractivity contribution is 0.0811. The first-order chi connectivity index (χ1) is 19.1. The lowest BCUT2D eigenvalue weighted by atomic mass is 9.73. The van der Waals surface area contributed by atoms with Gasteiger partial charge in [-0.05, 0) is 60.4 Å². The van der Waals surface area contributed by atoms with E-state index in [-0.39, 0.29) is 16.6 Å². The highest BCUT2D eigenvalue weighted by Gasteiger charge is 2.49. The third-order valence-corrected chi connectivity index (χ3v) is 9.19. The lowest BCUT2D eigenvalue weighted by Crippen LogP contribution is -2.56. The second-order valence-electron chi connectivity index (χ2n) is 11.2. The van der Waals surface area contributed by atoms with Crippen LogP contribution in [0.4, 0.5) is 0 Å². The number of rotatable bonds is 10. The topological polar surface area (TPSA) is 81.4 Å². The fourth-order valence-corrected chi connectivity index (χ4v) is 6.80. The fraction of sp³-hybridized carbons (Fsp3) is 0.438. The summed E-state index contributed by atoms with van der Waals surface area (Å²) in [6.07, 6.45) is 13.9. The minimum absolute atomic E-state index is 0.0847. The van der Waals surface area contributed by atoms with E-state index < -0.39 is 0 Å². The quantitative estimate of drug-likeness (QED) is 0.193. The van der Waals surface area contributed by atoms with Crippen LogP contribution in [0.5, 0.6) is 0 Å². The summed E-state index contributed by atoms with van der Waals surface area (Å²) in [6.45, 7) is 6.73. The Kier molecular flexibility index (Phi) is 6.61. The monoisotopic (exact) mass is 522 g/mol. The molecule has 3 aliphatic rings. The Hall–Kier alpha value is -3.74. The van der Waals surface area contributed by atoms with Gasteiger partial charge in [-0.3, -0.25) is 9.48 Å². The number of tetrazole rings is 1. The molecule has 0 saturated carbocycles. The number of benzene rings is 2. The Balaban J connectivity index is 1.39. The maximum Gasteiger partial charge on any atom is 0.271 e. The molecule has 1 aliphatic carbocycles. The first-order valence-corrected chi connectivity index (χ1v) is 14.5. The predicted octanol–water partition coefficient (Wildman–Crippen LogP) is 6.39. The molecule has 2 aromatic carbocycles. The Morgan fingerprint density at radius 2 is 1.56 bits per heavy atom. The summed E-state index contributed by atoms with van der Waals surface area (Å²) in [5.41, 5.74) is 6.40. The van der Waals surface area contributed by atoms with Crippen molar-refractivity contribution in [3.8, 4) is 22.5 Å². The van der Waals surface area contributed by atoms with Gasteiger partial charge in [0.15, 0.2) is 0 Å². The molecule has 0 saturated heterocycles. The molecule has 39 heavy (non-hydrogen) atoms. The van der Waals surface area contributed by atoms with Gasteiger partial charge in [0.2, 0.25) is 5.82 Å². The molecular formula is C32H38N6O. The zero-order chi connectivity index (χ0) is 27.0. The van der Waals surface area contributed by atoms with E-state index >= 15 is 0 Å². The number of hydrogen-bond donors (Lipinski definition) is 1. The lowest BCUT2D eigenvalue weighted by Gasteiger charge is -2.51. The fourth-order valence-electron chi connectivity index (χ4n) is 6.80. The summed E-state index contributed by atoms with van der Waals surface area (Å²) >= 11 is 0. The summed E-state index contributed by atoms with van der Waals surface area (Å²) in [5.74, 6) is 0.580. The molecule has 7 rings (SSSR count). The molecule has 2 aromatic heterocycles. The molecule has 2 bridgehead atoms. The molecule has 7 nitrogen and oxygen atoms in total. The third-order valence-electron chi connectivity index (χ3n) is 9.19. The van der Waals surface area contributed by atoms with Crippen LogP contribution in [-0.2, 0) is 23.9 Å². The second kappa shape index (κ2) is 10.1. The van der Waals surface area contributed by atoms with Gasteiger partial charge in [0.25, 0.3) is 5.56 Å². The number of fused-ring (bicyclic) bond motifs is 1. The standard InChI is InChI=1S/C32H38N6O/c1-4-7-8-13-28-27(30(39)38-32(6-3)20-18-31(5-2,19-21-32)37(28)38)22-23-14-16-24(17-15-23)25-11-9-10-12-26(25)29-33-35-36-34-29/h9-12,14-18,20H,4-8,13,19,21-22H2,1-3H3,(H,33,34,35,36). The molecule has 0 fully saturated rings. The van der Waals surface area contributed by atoms with Gasteiger partial charge >= 0.3 is 0 Å². The highest BCUT2D eigenvalue weighted by molar-refractivity contribution is 5.80. The zero-order valence-electron chi connectivity index (χ0n) is 23.3. The number of unbranched alkanes of at least 4 members (excludes halogenated alkanes) is 2. The summed E-state index contributed by atoms with van der Waals surface area (Å²) < 4.78 is 4.61. The van der Waals surface area contributed by atoms with Gasteiger partial charge in [-0.15, -0.1) is 10.2 Å². The maximum absolute atomic E-state index is 14.2. The first-order valence-electron chi connectivity index (χ1n) is 14.5. The number of allylic oxidation sites excluding steroid dienone is 2. The van der Waals surface area contributed by atoms with Crippen molar-refractivity contribution in [1.82, 2.24) is 30.0 Å². The first kappa shape index (κ1) is 25.5. The average Bonchev–Trinajstić information content (AvgIpc) is 3.63. The van der Waals surface area contributed by atoms with E-state index in [1.165, 1.54) is 18.5 Å². The number of H-pyrrole nitrogens is 1. The summed E-state index contributed by atoms with van der Waals surface area (Å²) in [4.78, 5) is 14.2. The van der Waals surface area contributed by atoms with Crippen molar-refractivity contribution < 1.29 is 0 Å². The van der Waals surface area contributed by atoms with Gasteiger partial charge in [0, 0.05) is 23.2 Å². The molecule has 4 aromatic rings. The number of aromatic amines is 1. The van der Waals surface area contributed by atoms with E-state index in [4.69, 9.17) is 0 Å². The van der Waals surface area contributed by atoms with Crippen LogP contribution >= 0.6 is 0 Å². The van der Waals surface area contributed by atoms with Crippen LogP contribution in [0.15, 0.2) is 65.5 Å². The van der Waals surface area contributed by atoms with Crippen LogP contribution in [0.2, 0.25) is 0 Å². The Morgan fingerprint density at radius 1 is 0.872 bits per heavy atom. The van der Waals surface area contributed by atoms with Crippen molar-refractivity contribution >= 4 is 0 Å². The number of nitrogens with one attached hydrogen (secondary N) is 1. The molecule has 2 aliphatic heterocycles. The van der Waals surface area contributed by atoms with Gasteiger partial charge in [-0.25, -0.2) is 4.68 Å². The molecule has 0 radical (unpaired) electrons. The summed E-state index contributed by atoms with van der Waals surface area (Å²) in [6, 6.07) is 16.7. The van der Waals surface area contributed by atoms with Crippen molar-refractivity contribution in [3.63, 3.8) is 0 Å². The molecule has 4 heterocycles. The molecule has 7 heteroatoms. The molecule has 1 N–H and O–H groups in total. The van der Waals surface area contributed by atoms with Crippen molar-refractivity contribution in [3.05, 3.63) is 87.9 Å². The average molecular weight is 523 g/mol. The van der Waals surface area contributed by atoms with Crippen molar-refractivity contribution in [1.29, 1.82) is 0 Å². The van der Waals surface area contributed by atoms with Crippen LogP contribution in [-0.4, -0.2) is 30.0 Å². The molecule has 2 unspecified atom stereocenters. The van der Waals surface area contributed by atoms with Crippen LogP contribution < -0.4 is 5.56 Å². The van der Waals surface area contributed by atoms with Gasteiger partial charge in [0.05, 0.1) is 11.1 Å². The Labute approximate surface area is 229 Å². The predicted molar refractivity (Wildman–Crippen MR) is 155 cm³/mol. The van der Waals surface area contributed by atoms with Crippen LogP contribution in [0.25, 0.3) is 22.5 Å². The Morgan fingerprint density at radius 3 is 2.18 bits per heavy atom. The van der Waals surface area contributed by atoms with E-state index in [0.29, 0.717) is 12.2 Å². The van der Waals surface area contributed by atoms with Gasteiger partial charge in [0.1, 0.15) is 0 Å². The highest BCUT2D eigenvalue weighted by Crippen LogP contribution is 2.48. The summed E-state index contributed by atoms with van der Waals surface area (Å²) in [5, 5.41) is 14.6. The van der Waals surface area contributed by atoms with Gasteiger partial charge < -0.3 is 0 Å². The maximum atomic E-state index is 14.2. The molecule has 202 valence electrons. The van der Waals surface area contributed by atoms with E-state index in [1.807, 2.05) is 18.2 Å². The molecule has 0 amide bonds. The van der Waals surface area contributed by atoms with Gasteiger partial charge in [-0.1, -0.05) is 94.3 Å². The largest absolute Gasteiger partial charge is 0.276 e. The number of aromatic nitrogens is 6. The van der Waals surface area contributed by atoms with Gasteiger partial charge in [-0.2, -0.15) is 5.21 Å². The minimum Gasteiger partial charge on any atom is -0.276 e.